The van der Waals surface area contributed by atoms with Crippen LogP contribution in [0.3, 0.4) is 0 Å². The van der Waals surface area contributed by atoms with Gasteiger partial charge in [0.05, 0.1) is 7.11 Å². The first-order chi connectivity index (χ1) is 8.86. The van der Waals surface area contributed by atoms with Gasteiger partial charge in [0.15, 0.2) is 0 Å². The molecule has 0 amide bonds. The summed E-state index contributed by atoms with van der Waals surface area (Å²) in [6.45, 7) is 2.38. The van der Waals surface area contributed by atoms with Gasteiger partial charge in [-0.3, -0.25) is 0 Å². The number of hydrazine groups is 1. The number of nitrogens with zero attached hydrogens (tertiary/aromatic N) is 1. The number of fused-ring (bicyclic) bond motifs is 1. The zero-order valence-electron chi connectivity index (χ0n) is 11.1. The van der Waals surface area contributed by atoms with Crippen LogP contribution in [0.15, 0.2) is 18.2 Å². The van der Waals surface area contributed by atoms with Crippen molar-refractivity contribution in [3.63, 3.8) is 0 Å². The van der Waals surface area contributed by atoms with Gasteiger partial charge in [0.1, 0.15) is 5.75 Å². The van der Waals surface area contributed by atoms with Crippen molar-refractivity contribution in [3.05, 3.63) is 29.3 Å². The third-order valence-electron chi connectivity index (χ3n) is 4.13. The number of hydrogen-bond donors (Lipinski definition) is 1. The minimum absolute atomic E-state index is 0.480. The summed E-state index contributed by atoms with van der Waals surface area (Å²) in [5, 5.41) is 2.41. The molecule has 1 fully saturated rings. The summed E-state index contributed by atoms with van der Waals surface area (Å²) in [5.41, 5.74) is 6.61. The fourth-order valence-electron chi connectivity index (χ4n) is 3.08. The minimum Gasteiger partial charge on any atom is -0.497 e. The highest BCUT2D eigenvalue weighted by atomic mass is 16.5. The summed E-state index contributed by atoms with van der Waals surface area (Å²) >= 11 is 0. The van der Waals surface area contributed by atoms with Gasteiger partial charge in [-0.05, 0) is 48.9 Å². The summed E-state index contributed by atoms with van der Waals surface area (Å²) in [6, 6.07) is 6.96. The van der Waals surface area contributed by atoms with E-state index in [-0.39, 0.29) is 0 Å². The van der Waals surface area contributed by atoms with Gasteiger partial charge in [-0.2, -0.15) is 0 Å². The Labute approximate surface area is 109 Å². The number of nitrogens with one attached hydrogen (secondary N) is 1. The van der Waals surface area contributed by atoms with E-state index in [1.54, 1.807) is 7.11 Å². The molecule has 2 aliphatic rings. The highest BCUT2D eigenvalue weighted by Crippen LogP contribution is 2.34. The Morgan fingerprint density at radius 3 is 2.83 bits per heavy atom. The van der Waals surface area contributed by atoms with E-state index in [2.05, 4.69) is 28.6 Å². The SMILES string of the molecule is COc1ccc2c(c1)C(NN1CCCCC1)CC2. The molecule has 1 aromatic carbocycles. The Bertz CT molecular complexity index is 413. The molecule has 1 N–H and O–H groups in total. The number of piperidine rings is 1. The maximum Gasteiger partial charge on any atom is 0.119 e. The second-order valence-electron chi connectivity index (χ2n) is 5.33. The molecule has 3 rings (SSSR count). The molecule has 3 heteroatoms. The number of hydrogen-bond acceptors (Lipinski definition) is 3. The molecule has 0 radical (unpaired) electrons. The predicted octanol–water partition coefficient (Wildman–Crippen LogP) is 2.67. The standard InChI is InChI=1S/C15H22N2O/c1-18-13-7-5-12-6-8-15(14(12)11-13)16-17-9-3-2-4-10-17/h5,7,11,15-16H,2-4,6,8-10H2,1H3. The van der Waals surface area contributed by atoms with Crippen LogP contribution in [-0.2, 0) is 6.42 Å². The van der Waals surface area contributed by atoms with E-state index < -0.39 is 0 Å². The molecule has 1 saturated heterocycles. The second kappa shape index (κ2) is 5.29. The molecular weight excluding hydrogens is 224 g/mol. The number of benzene rings is 1. The maximum absolute atomic E-state index is 5.34. The Kier molecular flexibility index (Phi) is 3.52. The molecule has 1 atom stereocenters. The minimum atomic E-state index is 0.480. The van der Waals surface area contributed by atoms with Crippen LogP contribution >= 0.6 is 0 Å². The Morgan fingerprint density at radius 2 is 2.06 bits per heavy atom. The zero-order valence-corrected chi connectivity index (χ0v) is 11.1. The lowest BCUT2D eigenvalue weighted by molar-refractivity contribution is 0.128. The molecule has 0 spiro atoms. The first kappa shape index (κ1) is 12.0. The van der Waals surface area contributed by atoms with Gasteiger partial charge in [0, 0.05) is 19.1 Å². The van der Waals surface area contributed by atoms with Gasteiger partial charge < -0.3 is 4.74 Å². The van der Waals surface area contributed by atoms with Gasteiger partial charge >= 0.3 is 0 Å². The molecule has 1 unspecified atom stereocenters. The molecule has 1 aromatic rings. The van der Waals surface area contributed by atoms with E-state index in [1.807, 2.05) is 0 Å². The smallest absolute Gasteiger partial charge is 0.119 e. The lowest BCUT2D eigenvalue weighted by Crippen LogP contribution is -2.43. The number of aryl methyl sites for hydroxylation is 1. The van der Waals surface area contributed by atoms with Gasteiger partial charge in [-0.15, -0.1) is 0 Å². The molecule has 0 aromatic heterocycles. The van der Waals surface area contributed by atoms with Crippen LogP contribution in [0.25, 0.3) is 0 Å². The molecular formula is C15H22N2O. The van der Waals surface area contributed by atoms with Gasteiger partial charge in [-0.25, -0.2) is 10.4 Å². The van der Waals surface area contributed by atoms with E-state index >= 15 is 0 Å². The van der Waals surface area contributed by atoms with E-state index in [0.717, 1.165) is 5.75 Å². The van der Waals surface area contributed by atoms with Crippen LogP contribution in [0.2, 0.25) is 0 Å². The second-order valence-corrected chi connectivity index (χ2v) is 5.33. The van der Waals surface area contributed by atoms with Gasteiger partial charge in [0.25, 0.3) is 0 Å². The average molecular weight is 246 g/mol. The lowest BCUT2D eigenvalue weighted by atomic mass is 10.1. The number of rotatable bonds is 3. The molecule has 98 valence electrons. The monoisotopic (exact) mass is 246 g/mol. The Balaban J connectivity index is 1.72. The van der Waals surface area contributed by atoms with E-state index in [9.17, 15) is 0 Å². The van der Waals surface area contributed by atoms with Crippen molar-refractivity contribution in [3.8, 4) is 5.75 Å². The molecule has 0 bridgehead atoms. The van der Waals surface area contributed by atoms with E-state index in [4.69, 9.17) is 4.74 Å². The first-order valence-corrected chi connectivity index (χ1v) is 7.05. The van der Waals surface area contributed by atoms with E-state index in [1.165, 1.54) is 56.3 Å². The highest BCUT2D eigenvalue weighted by Gasteiger charge is 2.25. The van der Waals surface area contributed by atoms with Crippen LogP contribution < -0.4 is 10.2 Å². The summed E-state index contributed by atoms with van der Waals surface area (Å²) in [6.07, 6.45) is 6.42. The topological polar surface area (TPSA) is 24.5 Å². The summed E-state index contributed by atoms with van der Waals surface area (Å²) in [4.78, 5) is 0. The summed E-state index contributed by atoms with van der Waals surface area (Å²) in [7, 11) is 1.74. The molecule has 1 aliphatic heterocycles. The number of methoxy groups -OCH3 is 1. The lowest BCUT2D eigenvalue weighted by Gasteiger charge is -2.30. The quantitative estimate of drug-likeness (QED) is 0.887. The Morgan fingerprint density at radius 1 is 1.22 bits per heavy atom. The van der Waals surface area contributed by atoms with E-state index in [0.29, 0.717) is 6.04 Å². The van der Waals surface area contributed by atoms with Crippen molar-refractivity contribution in [2.45, 2.75) is 38.1 Å². The largest absolute Gasteiger partial charge is 0.497 e. The fourth-order valence-corrected chi connectivity index (χ4v) is 3.08. The third kappa shape index (κ3) is 2.38. The van der Waals surface area contributed by atoms with Gasteiger partial charge in [-0.1, -0.05) is 12.5 Å². The van der Waals surface area contributed by atoms with Gasteiger partial charge in [0.2, 0.25) is 0 Å². The molecule has 3 nitrogen and oxygen atoms in total. The maximum atomic E-state index is 5.34. The molecule has 1 heterocycles. The van der Waals surface area contributed by atoms with Crippen LogP contribution in [-0.4, -0.2) is 25.2 Å². The number of ether oxygens (including phenoxy) is 1. The van der Waals surface area contributed by atoms with Crippen molar-refractivity contribution in [2.24, 2.45) is 0 Å². The fraction of sp³-hybridized carbons (Fsp3) is 0.600. The predicted molar refractivity (Wildman–Crippen MR) is 72.6 cm³/mol. The van der Waals surface area contributed by atoms with Crippen LogP contribution in [0, 0.1) is 0 Å². The Hall–Kier alpha value is -1.06. The van der Waals surface area contributed by atoms with Crippen molar-refractivity contribution in [2.75, 3.05) is 20.2 Å². The highest BCUT2D eigenvalue weighted by molar-refractivity contribution is 5.40. The van der Waals surface area contributed by atoms with Crippen molar-refractivity contribution in [1.82, 2.24) is 10.4 Å². The van der Waals surface area contributed by atoms with Crippen molar-refractivity contribution < 1.29 is 4.74 Å². The normalized spacial score (nSPS) is 23.9. The van der Waals surface area contributed by atoms with Crippen molar-refractivity contribution >= 4 is 0 Å². The molecule has 1 aliphatic carbocycles. The zero-order chi connectivity index (χ0) is 12.4. The van der Waals surface area contributed by atoms with Crippen LogP contribution in [0.1, 0.15) is 42.9 Å². The molecule has 18 heavy (non-hydrogen) atoms. The van der Waals surface area contributed by atoms with Crippen LogP contribution in [0.5, 0.6) is 5.75 Å². The first-order valence-electron chi connectivity index (χ1n) is 7.05. The van der Waals surface area contributed by atoms with Crippen LogP contribution in [0.4, 0.5) is 0 Å². The third-order valence-corrected chi connectivity index (χ3v) is 4.13. The summed E-state index contributed by atoms with van der Waals surface area (Å²) < 4.78 is 5.34. The molecule has 0 saturated carbocycles. The van der Waals surface area contributed by atoms with Crippen molar-refractivity contribution in [1.29, 1.82) is 0 Å². The average Bonchev–Trinajstić information content (AvgIpc) is 2.82. The summed E-state index contributed by atoms with van der Waals surface area (Å²) in [5.74, 6) is 0.973.